The second-order valence-corrected chi connectivity index (χ2v) is 10.3. The van der Waals surface area contributed by atoms with Crippen LogP contribution < -0.4 is 5.32 Å². The second-order valence-electron chi connectivity index (χ2n) is 10.3. The number of para-hydroxylation sites is 2. The molecule has 4 aliphatic heterocycles. The molecule has 4 unspecified atom stereocenters. The zero-order chi connectivity index (χ0) is 21.9. The highest BCUT2D eigenvalue weighted by Gasteiger charge is 2.46. The molecule has 0 spiro atoms. The molecule has 168 valence electrons. The van der Waals surface area contributed by atoms with E-state index >= 15 is 0 Å². The molecule has 4 aliphatic rings. The normalized spacial score (nSPS) is 29.7. The Balaban J connectivity index is 1.18. The summed E-state index contributed by atoms with van der Waals surface area (Å²) < 4.78 is 0. The van der Waals surface area contributed by atoms with Crippen LogP contribution in [0.25, 0.3) is 10.9 Å². The van der Waals surface area contributed by atoms with Gasteiger partial charge in [-0.05, 0) is 68.3 Å². The molecule has 5 heterocycles. The molecule has 0 saturated carbocycles. The Labute approximate surface area is 195 Å². The van der Waals surface area contributed by atoms with E-state index in [1.54, 1.807) is 5.57 Å². The summed E-state index contributed by atoms with van der Waals surface area (Å²) in [5.74, 6) is 1.22. The molecule has 0 bridgehead atoms. The predicted octanol–water partition coefficient (Wildman–Crippen LogP) is 5.52. The number of nitrogens with zero attached hydrogens (tertiary/aromatic N) is 2. The van der Waals surface area contributed by atoms with Crippen LogP contribution in [-0.2, 0) is 6.42 Å². The standard InChI is InChI=1S/C29H32N4/c1-2-18-17-33-14-12-23-21-8-4-6-10-25(21)32-29(23)27(33)16-19(18)15-26-28-22(11-13-30-26)20-7-3-5-9-24(20)31-28/h2-10,19,23,27,29,31-32H,11-17H2,1H3. The van der Waals surface area contributed by atoms with Gasteiger partial charge in [-0.1, -0.05) is 48.0 Å². The van der Waals surface area contributed by atoms with Crippen LogP contribution in [-0.4, -0.2) is 47.3 Å². The predicted molar refractivity (Wildman–Crippen MR) is 136 cm³/mol. The van der Waals surface area contributed by atoms with Gasteiger partial charge >= 0.3 is 0 Å². The maximum atomic E-state index is 5.06. The van der Waals surface area contributed by atoms with Gasteiger partial charge in [0.25, 0.3) is 0 Å². The molecule has 7 rings (SSSR count). The molecule has 0 amide bonds. The van der Waals surface area contributed by atoms with Crippen molar-refractivity contribution in [3.05, 3.63) is 77.0 Å². The number of hydrogen-bond acceptors (Lipinski definition) is 3. The fourth-order valence-corrected chi connectivity index (χ4v) is 7.15. The molecule has 0 radical (unpaired) electrons. The molecule has 1 aromatic heterocycles. The lowest BCUT2D eigenvalue weighted by Gasteiger charge is -2.49. The summed E-state index contributed by atoms with van der Waals surface area (Å²) in [6.07, 6.45) is 6.97. The van der Waals surface area contributed by atoms with Crippen LogP contribution >= 0.6 is 0 Å². The van der Waals surface area contributed by atoms with E-state index in [0.717, 1.165) is 25.9 Å². The molecule has 2 N–H and O–H groups in total. The number of aromatic nitrogens is 1. The lowest BCUT2D eigenvalue weighted by Crippen LogP contribution is -2.56. The van der Waals surface area contributed by atoms with Crippen molar-refractivity contribution in [3.63, 3.8) is 0 Å². The molecule has 33 heavy (non-hydrogen) atoms. The van der Waals surface area contributed by atoms with Crippen LogP contribution in [0.15, 0.2) is 65.2 Å². The third kappa shape index (κ3) is 3.03. The molecule has 4 heteroatoms. The van der Waals surface area contributed by atoms with E-state index in [-0.39, 0.29) is 0 Å². The zero-order valence-electron chi connectivity index (χ0n) is 19.3. The van der Waals surface area contributed by atoms with Gasteiger partial charge in [-0.25, -0.2) is 0 Å². The van der Waals surface area contributed by atoms with Crippen LogP contribution in [0.1, 0.15) is 48.9 Å². The van der Waals surface area contributed by atoms with Gasteiger partial charge < -0.3 is 10.3 Å². The Bertz CT molecular complexity index is 1280. The maximum absolute atomic E-state index is 5.06. The van der Waals surface area contributed by atoms with Crippen molar-refractivity contribution < 1.29 is 0 Å². The van der Waals surface area contributed by atoms with Gasteiger partial charge in [0.05, 0.1) is 11.4 Å². The number of rotatable bonds is 2. The van der Waals surface area contributed by atoms with E-state index in [0.29, 0.717) is 23.9 Å². The summed E-state index contributed by atoms with van der Waals surface area (Å²) in [6.45, 7) is 5.47. The Hall–Kier alpha value is -2.85. The molecule has 2 fully saturated rings. The summed E-state index contributed by atoms with van der Waals surface area (Å²) in [5.41, 5.74) is 9.82. The number of H-pyrrole nitrogens is 1. The summed E-state index contributed by atoms with van der Waals surface area (Å²) in [5, 5.41) is 5.31. The van der Waals surface area contributed by atoms with Crippen LogP contribution in [0, 0.1) is 5.92 Å². The van der Waals surface area contributed by atoms with Crippen molar-refractivity contribution in [1.82, 2.24) is 9.88 Å². The van der Waals surface area contributed by atoms with Gasteiger partial charge in [0.15, 0.2) is 0 Å². The highest BCUT2D eigenvalue weighted by Crippen LogP contribution is 2.47. The first kappa shape index (κ1) is 19.6. The average molecular weight is 437 g/mol. The summed E-state index contributed by atoms with van der Waals surface area (Å²) in [4.78, 5) is 11.5. The van der Waals surface area contributed by atoms with Crippen molar-refractivity contribution in [2.75, 3.05) is 25.0 Å². The van der Waals surface area contributed by atoms with E-state index in [4.69, 9.17) is 4.99 Å². The first-order chi connectivity index (χ1) is 16.3. The first-order valence-electron chi connectivity index (χ1n) is 12.7. The minimum atomic E-state index is 0.536. The lowest BCUT2D eigenvalue weighted by atomic mass is 9.74. The van der Waals surface area contributed by atoms with Gasteiger partial charge in [0.2, 0.25) is 0 Å². The Morgan fingerprint density at radius 3 is 2.94 bits per heavy atom. The molecular weight excluding hydrogens is 404 g/mol. The molecule has 0 aliphatic carbocycles. The molecular formula is C29H32N4. The molecule has 2 saturated heterocycles. The van der Waals surface area contributed by atoms with Crippen molar-refractivity contribution in [1.29, 1.82) is 0 Å². The van der Waals surface area contributed by atoms with Crippen LogP contribution in [0.4, 0.5) is 5.69 Å². The monoisotopic (exact) mass is 436 g/mol. The van der Waals surface area contributed by atoms with E-state index in [9.17, 15) is 0 Å². The summed E-state index contributed by atoms with van der Waals surface area (Å²) in [7, 11) is 0. The smallest absolute Gasteiger partial charge is 0.0638 e. The van der Waals surface area contributed by atoms with Crippen LogP contribution in [0.5, 0.6) is 0 Å². The SMILES string of the molecule is CC=C1CN2CCC3c4ccccc4NC3C2CC1CC1=NCCc2c1[nH]c1ccccc21. The number of aliphatic imine (C=N–C) groups is 1. The Morgan fingerprint density at radius 1 is 1.12 bits per heavy atom. The molecule has 4 nitrogen and oxygen atoms in total. The number of benzene rings is 2. The summed E-state index contributed by atoms with van der Waals surface area (Å²) >= 11 is 0. The quantitative estimate of drug-likeness (QED) is 0.520. The first-order valence-corrected chi connectivity index (χ1v) is 12.7. The number of anilines is 1. The van der Waals surface area contributed by atoms with Gasteiger partial charge in [-0.3, -0.25) is 9.89 Å². The van der Waals surface area contributed by atoms with Crippen molar-refractivity contribution >= 4 is 22.3 Å². The van der Waals surface area contributed by atoms with E-state index < -0.39 is 0 Å². The van der Waals surface area contributed by atoms with E-state index in [2.05, 4.69) is 76.7 Å². The fraction of sp³-hybridized carbons (Fsp3) is 0.414. The minimum absolute atomic E-state index is 0.536. The van der Waals surface area contributed by atoms with Gasteiger partial charge in [-0.15, -0.1) is 0 Å². The third-order valence-electron chi connectivity index (χ3n) is 8.74. The summed E-state index contributed by atoms with van der Waals surface area (Å²) in [6, 6.07) is 18.9. The average Bonchev–Trinajstić information content (AvgIpc) is 3.43. The van der Waals surface area contributed by atoms with Crippen LogP contribution in [0.2, 0.25) is 0 Å². The highest BCUT2D eigenvalue weighted by molar-refractivity contribution is 6.06. The fourth-order valence-electron chi connectivity index (χ4n) is 7.15. The molecule has 2 aromatic carbocycles. The van der Waals surface area contributed by atoms with E-state index in [1.165, 1.54) is 58.5 Å². The maximum Gasteiger partial charge on any atom is 0.0638 e. The van der Waals surface area contributed by atoms with Crippen LogP contribution in [0.3, 0.4) is 0 Å². The number of aromatic amines is 1. The Morgan fingerprint density at radius 2 is 2.00 bits per heavy atom. The van der Waals surface area contributed by atoms with Crippen molar-refractivity contribution in [2.45, 2.75) is 50.6 Å². The highest BCUT2D eigenvalue weighted by atomic mass is 15.2. The third-order valence-corrected chi connectivity index (χ3v) is 8.74. The molecule has 3 aromatic rings. The zero-order valence-corrected chi connectivity index (χ0v) is 19.3. The van der Waals surface area contributed by atoms with Crippen molar-refractivity contribution in [3.8, 4) is 0 Å². The van der Waals surface area contributed by atoms with Gasteiger partial charge in [0.1, 0.15) is 0 Å². The topological polar surface area (TPSA) is 43.4 Å². The van der Waals surface area contributed by atoms with E-state index in [1.807, 2.05) is 0 Å². The van der Waals surface area contributed by atoms with Gasteiger partial charge in [-0.2, -0.15) is 0 Å². The number of piperidine rings is 2. The number of allylic oxidation sites excluding steroid dienone is 1. The lowest BCUT2D eigenvalue weighted by molar-refractivity contribution is 0.0927. The largest absolute Gasteiger partial charge is 0.380 e. The minimum Gasteiger partial charge on any atom is -0.380 e. The molecule has 4 atom stereocenters. The second kappa shape index (κ2) is 7.59. The number of fused-ring (bicyclic) bond motifs is 8. The van der Waals surface area contributed by atoms with Crippen molar-refractivity contribution in [2.24, 2.45) is 10.9 Å². The number of nitrogens with one attached hydrogen (secondary N) is 2. The number of hydrogen-bond donors (Lipinski definition) is 2. The van der Waals surface area contributed by atoms with Gasteiger partial charge in [0, 0.05) is 47.7 Å². The Kier molecular flexibility index (Phi) is 4.51.